The molecule has 7 heteroatoms. The van der Waals surface area contributed by atoms with Crippen LogP contribution < -0.4 is 10.6 Å². The maximum atomic E-state index is 10.7. The van der Waals surface area contributed by atoms with Crippen LogP contribution >= 0.6 is 16.5 Å². The predicted molar refractivity (Wildman–Crippen MR) is 123 cm³/mol. The standard InChI is InChI=1S/C21H30O4P2S/c1-18(25-28(22,23)24)14-15-19(2)26-16-9-17-27(20-10-5-3-6-11-20)21-12-7-4-8-13-21/h3-8,10-13,18-19,26H,9,14-17H2,1-2H3,(H,22,23,24)/t18-,19+/m0/s1. The molecule has 28 heavy (non-hydrogen) atoms. The normalized spacial score (nSPS) is 14.6. The Hall–Kier alpha value is -0.830. The molecule has 0 aliphatic rings. The van der Waals surface area contributed by atoms with Gasteiger partial charge in [-0.2, -0.15) is 8.42 Å². The lowest BCUT2D eigenvalue weighted by Gasteiger charge is -2.19. The van der Waals surface area contributed by atoms with E-state index in [0.717, 1.165) is 15.0 Å². The molecule has 0 fully saturated rings. The van der Waals surface area contributed by atoms with Gasteiger partial charge in [-0.1, -0.05) is 67.6 Å². The maximum Gasteiger partial charge on any atom is 0.397 e. The zero-order valence-electron chi connectivity index (χ0n) is 16.5. The lowest BCUT2D eigenvalue weighted by molar-refractivity contribution is 0.186. The Bertz CT molecular complexity index is 745. The molecule has 0 radical (unpaired) electrons. The van der Waals surface area contributed by atoms with Crippen molar-refractivity contribution in [3.63, 3.8) is 0 Å². The van der Waals surface area contributed by atoms with Gasteiger partial charge < -0.3 is 0 Å². The van der Waals surface area contributed by atoms with E-state index in [4.69, 9.17) is 4.55 Å². The summed E-state index contributed by atoms with van der Waals surface area (Å²) >= 11 is 0. The van der Waals surface area contributed by atoms with Gasteiger partial charge in [0.05, 0.1) is 6.10 Å². The maximum absolute atomic E-state index is 10.7. The smallest absolute Gasteiger partial charge is 0.264 e. The highest BCUT2D eigenvalue weighted by Gasteiger charge is 2.15. The molecule has 0 amide bonds. The summed E-state index contributed by atoms with van der Waals surface area (Å²) in [7, 11) is -3.82. The molecule has 0 aliphatic carbocycles. The Balaban J connectivity index is 1.78. The van der Waals surface area contributed by atoms with E-state index in [-0.39, 0.29) is 7.92 Å². The number of benzene rings is 2. The molecule has 0 aliphatic heterocycles. The zero-order chi connectivity index (χ0) is 20.4. The van der Waals surface area contributed by atoms with E-state index in [9.17, 15) is 8.42 Å². The van der Waals surface area contributed by atoms with Gasteiger partial charge in [0.15, 0.2) is 0 Å². The van der Waals surface area contributed by atoms with Crippen molar-refractivity contribution in [1.29, 1.82) is 0 Å². The third-order valence-electron chi connectivity index (χ3n) is 4.48. The molecule has 0 aromatic heterocycles. The lowest BCUT2D eigenvalue weighted by atomic mass is 10.2. The molecule has 2 rings (SSSR count). The van der Waals surface area contributed by atoms with Crippen LogP contribution in [0.5, 0.6) is 0 Å². The van der Waals surface area contributed by atoms with E-state index in [1.165, 1.54) is 29.4 Å². The van der Waals surface area contributed by atoms with Crippen LogP contribution in [0.4, 0.5) is 0 Å². The van der Waals surface area contributed by atoms with Crippen LogP contribution in [-0.2, 0) is 14.6 Å². The third-order valence-corrected chi connectivity index (χ3v) is 9.29. The van der Waals surface area contributed by atoms with Crippen molar-refractivity contribution < 1.29 is 17.2 Å². The van der Waals surface area contributed by atoms with E-state index in [1.807, 2.05) is 0 Å². The van der Waals surface area contributed by atoms with Gasteiger partial charge >= 0.3 is 10.4 Å². The monoisotopic (exact) mass is 440 g/mol. The second-order valence-corrected chi connectivity index (χ2v) is 12.2. The van der Waals surface area contributed by atoms with Crippen LogP contribution in [-0.4, -0.2) is 37.1 Å². The highest BCUT2D eigenvalue weighted by molar-refractivity contribution is 7.80. The van der Waals surface area contributed by atoms with Crippen molar-refractivity contribution in [2.45, 2.75) is 44.9 Å². The molecular weight excluding hydrogens is 410 g/mol. The molecule has 3 atom stereocenters. The largest absolute Gasteiger partial charge is 0.397 e. The van der Waals surface area contributed by atoms with Crippen LogP contribution in [0.15, 0.2) is 60.7 Å². The van der Waals surface area contributed by atoms with Gasteiger partial charge in [-0.25, -0.2) is 4.18 Å². The van der Waals surface area contributed by atoms with Gasteiger partial charge in [-0.15, -0.1) is 8.58 Å². The van der Waals surface area contributed by atoms with Crippen LogP contribution in [0.1, 0.15) is 33.1 Å². The second-order valence-electron chi connectivity index (χ2n) is 6.94. The third kappa shape index (κ3) is 9.11. The average molecular weight is 440 g/mol. The SMILES string of the molecule is C[C@H](CC[C@H](C)OS(=O)(=O)O)PCCCP(c1ccccc1)c1ccccc1. The summed E-state index contributed by atoms with van der Waals surface area (Å²) in [6, 6.07) is 21.6. The summed E-state index contributed by atoms with van der Waals surface area (Å²) in [5, 5.41) is 2.85. The van der Waals surface area contributed by atoms with Crippen molar-refractivity contribution in [2.75, 3.05) is 12.3 Å². The summed E-state index contributed by atoms with van der Waals surface area (Å²) in [6.45, 7) is 3.88. The molecule has 2 aromatic carbocycles. The topological polar surface area (TPSA) is 63.6 Å². The van der Waals surface area contributed by atoms with E-state index in [1.54, 1.807) is 6.92 Å². The van der Waals surface area contributed by atoms with Crippen LogP contribution in [0.25, 0.3) is 0 Å². The fourth-order valence-electron chi connectivity index (χ4n) is 3.05. The first-order valence-electron chi connectivity index (χ1n) is 9.62. The van der Waals surface area contributed by atoms with E-state index < -0.39 is 16.5 Å². The Morgan fingerprint density at radius 2 is 1.50 bits per heavy atom. The molecule has 0 saturated heterocycles. The highest BCUT2D eigenvalue weighted by Crippen LogP contribution is 2.35. The minimum Gasteiger partial charge on any atom is -0.264 e. The predicted octanol–water partition coefficient (Wildman–Crippen LogP) is 4.56. The van der Waals surface area contributed by atoms with E-state index >= 15 is 0 Å². The quantitative estimate of drug-likeness (QED) is 0.299. The summed E-state index contributed by atoms with van der Waals surface area (Å²) in [5.74, 6) is 0. The first-order chi connectivity index (χ1) is 13.3. The molecule has 0 heterocycles. The van der Waals surface area contributed by atoms with Crippen LogP contribution in [0.2, 0.25) is 0 Å². The summed E-state index contributed by atoms with van der Waals surface area (Å²) in [4.78, 5) is 0. The highest BCUT2D eigenvalue weighted by atomic mass is 32.3. The molecule has 154 valence electrons. The van der Waals surface area contributed by atoms with Crippen molar-refractivity contribution in [3.05, 3.63) is 60.7 Å². The van der Waals surface area contributed by atoms with Crippen LogP contribution in [0.3, 0.4) is 0 Å². The first kappa shape index (κ1) is 23.4. The minimum atomic E-state index is -4.35. The van der Waals surface area contributed by atoms with Gasteiger partial charge in [0, 0.05) is 0 Å². The molecule has 1 N–H and O–H groups in total. The van der Waals surface area contributed by atoms with Crippen molar-refractivity contribution in [1.82, 2.24) is 0 Å². The molecule has 4 nitrogen and oxygen atoms in total. The Labute approximate surface area is 172 Å². The lowest BCUT2D eigenvalue weighted by Crippen LogP contribution is -2.16. The molecule has 0 saturated carbocycles. The summed E-state index contributed by atoms with van der Waals surface area (Å²) in [5.41, 5.74) is 0.534. The Morgan fingerprint density at radius 3 is 2.00 bits per heavy atom. The number of hydrogen-bond donors (Lipinski definition) is 1. The molecule has 0 bridgehead atoms. The number of rotatable bonds is 12. The summed E-state index contributed by atoms with van der Waals surface area (Å²) in [6.07, 6.45) is 4.62. The molecule has 2 aromatic rings. The van der Waals surface area contributed by atoms with Gasteiger partial charge in [-0.3, -0.25) is 4.55 Å². The van der Waals surface area contributed by atoms with Gasteiger partial charge in [0.25, 0.3) is 0 Å². The van der Waals surface area contributed by atoms with E-state index in [2.05, 4.69) is 71.8 Å². The van der Waals surface area contributed by atoms with Crippen molar-refractivity contribution >= 4 is 37.5 Å². The van der Waals surface area contributed by atoms with Gasteiger partial charge in [0.1, 0.15) is 0 Å². The minimum absolute atomic E-state index is 0.326. The Morgan fingerprint density at radius 1 is 0.964 bits per heavy atom. The average Bonchev–Trinajstić information content (AvgIpc) is 2.66. The second kappa shape index (κ2) is 12.0. The fourth-order valence-corrected chi connectivity index (χ4v) is 7.46. The zero-order valence-corrected chi connectivity index (χ0v) is 19.2. The van der Waals surface area contributed by atoms with Gasteiger partial charge in [0.2, 0.25) is 0 Å². The fraction of sp³-hybridized carbons (Fsp3) is 0.429. The van der Waals surface area contributed by atoms with Crippen molar-refractivity contribution in [3.8, 4) is 0 Å². The van der Waals surface area contributed by atoms with E-state index in [0.29, 0.717) is 12.1 Å². The molecular formula is C21H30O4P2S. The summed E-state index contributed by atoms with van der Waals surface area (Å²) < 4.78 is 34.8. The number of hydrogen-bond acceptors (Lipinski definition) is 3. The molecule has 1 unspecified atom stereocenters. The first-order valence-corrected chi connectivity index (χ1v) is 13.8. The van der Waals surface area contributed by atoms with Crippen molar-refractivity contribution in [2.24, 2.45) is 0 Å². The van der Waals surface area contributed by atoms with Gasteiger partial charge in [-0.05, 0) is 62.7 Å². The van der Waals surface area contributed by atoms with Crippen LogP contribution in [0, 0.1) is 0 Å². The molecule has 0 spiro atoms. The Kier molecular flexibility index (Phi) is 10.0.